The molecule has 0 saturated heterocycles. The van der Waals surface area contributed by atoms with Crippen LogP contribution in [0.25, 0.3) is 0 Å². The van der Waals surface area contributed by atoms with Gasteiger partial charge in [0.15, 0.2) is 0 Å². The van der Waals surface area contributed by atoms with Gasteiger partial charge in [-0.1, -0.05) is 12.1 Å². The van der Waals surface area contributed by atoms with Crippen molar-refractivity contribution >= 4 is 11.6 Å². The molecule has 0 heterocycles. The zero-order valence-corrected chi connectivity index (χ0v) is 9.31. The van der Waals surface area contributed by atoms with Crippen molar-refractivity contribution in [2.24, 2.45) is 0 Å². The number of nitriles is 1. The Hall–Kier alpha value is -2.02. The Morgan fingerprint density at radius 1 is 1.56 bits per heavy atom. The van der Waals surface area contributed by atoms with Crippen LogP contribution in [-0.2, 0) is 11.2 Å². The Labute approximate surface area is 95.3 Å². The molecule has 2 N–H and O–H groups in total. The standard InChI is InChI=1S/C12H15N3O/c1-15(7-3-6-13)12(16)9-10-4-2-5-11(14)8-10/h2,4-5,8H,3,7,9,14H2,1H3. The van der Waals surface area contributed by atoms with Crippen LogP contribution in [0, 0.1) is 11.3 Å². The van der Waals surface area contributed by atoms with Crippen molar-refractivity contribution in [2.75, 3.05) is 19.3 Å². The fraction of sp³-hybridized carbons (Fsp3) is 0.333. The molecule has 1 rings (SSSR count). The fourth-order valence-electron chi connectivity index (χ4n) is 1.36. The second-order valence-corrected chi connectivity index (χ2v) is 3.65. The Morgan fingerprint density at radius 3 is 2.94 bits per heavy atom. The number of rotatable bonds is 4. The molecule has 0 atom stereocenters. The molecule has 1 aromatic carbocycles. The van der Waals surface area contributed by atoms with Gasteiger partial charge in [-0.2, -0.15) is 5.26 Å². The lowest BCUT2D eigenvalue weighted by atomic mass is 10.1. The molecular formula is C12H15N3O. The molecule has 16 heavy (non-hydrogen) atoms. The first-order chi connectivity index (χ1) is 7.63. The van der Waals surface area contributed by atoms with Gasteiger partial charge in [0.2, 0.25) is 5.91 Å². The van der Waals surface area contributed by atoms with E-state index in [9.17, 15) is 4.79 Å². The van der Waals surface area contributed by atoms with Crippen LogP contribution >= 0.6 is 0 Å². The van der Waals surface area contributed by atoms with E-state index < -0.39 is 0 Å². The smallest absolute Gasteiger partial charge is 0.226 e. The van der Waals surface area contributed by atoms with Crippen LogP contribution in [0.1, 0.15) is 12.0 Å². The summed E-state index contributed by atoms with van der Waals surface area (Å²) in [6.45, 7) is 0.470. The summed E-state index contributed by atoms with van der Waals surface area (Å²) in [6.07, 6.45) is 0.687. The third kappa shape index (κ3) is 3.62. The van der Waals surface area contributed by atoms with E-state index in [1.165, 1.54) is 0 Å². The molecule has 4 heteroatoms. The molecule has 84 valence electrons. The van der Waals surface area contributed by atoms with E-state index in [0.717, 1.165) is 5.56 Å². The van der Waals surface area contributed by atoms with Crippen LogP contribution in [0.3, 0.4) is 0 Å². The van der Waals surface area contributed by atoms with Crippen LogP contribution in [-0.4, -0.2) is 24.4 Å². The third-order valence-electron chi connectivity index (χ3n) is 2.29. The van der Waals surface area contributed by atoms with Crippen molar-refractivity contribution in [3.8, 4) is 6.07 Å². The van der Waals surface area contributed by atoms with Crippen molar-refractivity contribution < 1.29 is 4.79 Å². The van der Waals surface area contributed by atoms with Crippen LogP contribution in [0.5, 0.6) is 0 Å². The van der Waals surface area contributed by atoms with E-state index in [0.29, 0.717) is 25.1 Å². The SMILES string of the molecule is CN(CCC#N)C(=O)Cc1cccc(N)c1. The molecule has 0 saturated carbocycles. The lowest BCUT2D eigenvalue weighted by Crippen LogP contribution is -2.29. The predicted molar refractivity (Wildman–Crippen MR) is 62.4 cm³/mol. The van der Waals surface area contributed by atoms with E-state index in [1.54, 1.807) is 24.1 Å². The summed E-state index contributed by atoms with van der Waals surface area (Å²) in [7, 11) is 1.70. The number of carbonyl (C=O) groups is 1. The van der Waals surface area contributed by atoms with E-state index >= 15 is 0 Å². The summed E-state index contributed by atoms with van der Waals surface area (Å²) in [5.41, 5.74) is 7.18. The first-order valence-corrected chi connectivity index (χ1v) is 5.09. The second kappa shape index (κ2) is 5.76. The number of carbonyl (C=O) groups excluding carboxylic acids is 1. The number of nitrogens with zero attached hydrogens (tertiary/aromatic N) is 2. The van der Waals surface area contributed by atoms with Gasteiger partial charge in [-0.05, 0) is 17.7 Å². The normalized spacial score (nSPS) is 9.50. The molecule has 0 aliphatic rings. The van der Waals surface area contributed by atoms with Crippen LogP contribution < -0.4 is 5.73 Å². The molecule has 0 aliphatic heterocycles. The summed E-state index contributed by atoms with van der Waals surface area (Å²) in [4.78, 5) is 13.3. The second-order valence-electron chi connectivity index (χ2n) is 3.65. The number of anilines is 1. The molecule has 4 nitrogen and oxygen atoms in total. The number of hydrogen-bond donors (Lipinski definition) is 1. The Bertz CT molecular complexity index is 409. The molecule has 0 aromatic heterocycles. The van der Waals surface area contributed by atoms with E-state index in [4.69, 9.17) is 11.0 Å². The number of nitrogen functional groups attached to an aromatic ring is 1. The monoisotopic (exact) mass is 217 g/mol. The first-order valence-electron chi connectivity index (χ1n) is 5.09. The molecule has 0 radical (unpaired) electrons. The van der Waals surface area contributed by atoms with Crippen molar-refractivity contribution in [1.29, 1.82) is 5.26 Å². The highest BCUT2D eigenvalue weighted by atomic mass is 16.2. The number of likely N-dealkylation sites (N-methyl/N-ethyl adjacent to an activating group) is 1. The van der Waals surface area contributed by atoms with Gasteiger partial charge in [-0.3, -0.25) is 4.79 Å². The maximum Gasteiger partial charge on any atom is 0.226 e. The van der Waals surface area contributed by atoms with Gasteiger partial charge in [0, 0.05) is 19.3 Å². The molecule has 0 unspecified atom stereocenters. The highest BCUT2D eigenvalue weighted by molar-refractivity contribution is 5.78. The summed E-state index contributed by atoms with van der Waals surface area (Å²) in [5.74, 6) is 0.000787. The van der Waals surface area contributed by atoms with Gasteiger partial charge >= 0.3 is 0 Å². The predicted octanol–water partition coefficient (Wildman–Crippen LogP) is 1.18. The Kier molecular flexibility index (Phi) is 4.34. The van der Waals surface area contributed by atoms with Gasteiger partial charge in [0.1, 0.15) is 0 Å². The fourth-order valence-corrected chi connectivity index (χ4v) is 1.36. The highest BCUT2D eigenvalue weighted by Crippen LogP contribution is 2.08. The summed E-state index contributed by atoms with van der Waals surface area (Å²) in [5, 5.41) is 8.42. The molecule has 1 amide bonds. The third-order valence-corrected chi connectivity index (χ3v) is 2.29. The quantitative estimate of drug-likeness (QED) is 0.770. The van der Waals surface area contributed by atoms with Crippen molar-refractivity contribution in [3.05, 3.63) is 29.8 Å². The number of amides is 1. The summed E-state index contributed by atoms with van der Waals surface area (Å²) < 4.78 is 0. The maximum absolute atomic E-state index is 11.7. The average molecular weight is 217 g/mol. The van der Waals surface area contributed by atoms with Crippen LogP contribution in [0.4, 0.5) is 5.69 Å². The molecular weight excluding hydrogens is 202 g/mol. The molecule has 0 fully saturated rings. The Balaban J connectivity index is 2.54. The van der Waals surface area contributed by atoms with Gasteiger partial charge in [0.05, 0.1) is 18.9 Å². The van der Waals surface area contributed by atoms with Gasteiger partial charge in [-0.15, -0.1) is 0 Å². The zero-order chi connectivity index (χ0) is 12.0. The molecule has 0 bridgehead atoms. The Morgan fingerprint density at radius 2 is 2.31 bits per heavy atom. The topological polar surface area (TPSA) is 70.1 Å². The summed E-state index contributed by atoms with van der Waals surface area (Å²) in [6, 6.07) is 9.28. The minimum atomic E-state index is 0.000787. The van der Waals surface area contributed by atoms with Gasteiger partial charge < -0.3 is 10.6 Å². The van der Waals surface area contributed by atoms with Crippen molar-refractivity contribution in [3.63, 3.8) is 0 Å². The van der Waals surface area contributed by atoms with Gasteiger partial charge in [0.25, 0.3) is 0 Å². The molecule has 1 aromatic rings. The summed E-state index contributed by atoms with van der Waals surface area (Å²) >= 11 is 0. The van der Waals surface area contributed by atoms with Crippen LogP contribution in [0.2, 0.25) is 0 Å². The van der Waals surface area contributed by atoms with E-state index in [2.05, 4.69) is 0 Å². The molecule has 0 aliphatic carbocycles. The van der Waals surface area contributed by atoms with E-state index in [1.807, 2.05) is 18.2 Å². The average Bonchev–Trinajstić information content (AvgIpc) is 2.25. The van der Waals surface area contributed by atoms with Crippen molar-refractivity contribution in [2.45, 2.75) is 12.8 Å². The minimum Gasteiger partial charge on any atom is -0.399 e. The largest absolute Gasteiger partial charge is 0.399 e. The number of hydrogen-bond acceptors (Lipinski definition) is 3. The van der Waals surface area contributed by atoms with E-state index in [-0.39, 0.29) is 5.91 Å². The lowest BCUT2D eigenvalue weighted by Gasteiger charge is -2.15. The van der Waals surface area contributed by atoms with Gasteiger partial charge in [-0.25, -0.2) is 0 Å². The van der Waals surface area contributed by atoms with Crippen LogP contribution in [0.15, 0.2) is 24.3 Å². The van der Waals surface area contributed by atoms with Crippen molar-refractivity contribution in [1.82, 2.24) is 4.90 Å². The highest BCUT2D eigenvalue weighted by Gasteiger charge is 2.08. The lowest BCUT2D eigenvalue weighted by molar-refractivity contribution is -0.129. The number of benzene rings is 1. The minimum absolute atomic E-state index is 0.000787. The zero-order valence-electron chi connectivity index (χ0n) is 9.31. The maximum atomic E-state index is 11.7. The molecule has 0 spiro atoms. The first kappa shape index (κ1) is 12.1. The number of nitrogens with two attached hydrogens (primary N) is 1.